The minimum atomic E-state index is -1.45. The minimum absolute atomic E-state index is 0.0851. The summed E-state index contributed by atoms with van der Waals surface area (Å²) in [6.45, 7) is 2.76. The lowest BCUT2D eigenvalue weighted by atomic mass is 9.74. The van der Waals surface area contributed by atoms with Gasteiger partial charge < -0.3 is 9.90 Å². The van der Waals surface area contributed by atoms with E-state index in [0.717, 1.165) is 5.56 Å². The Hall–Kier alpha value is -2.01. The van der Waals surface area contributed by atoms with Crippen LogP contribution in [0, 0.1) is 5.41 Å². The van der Waals surface area contributed by atoms with Gasteiger partial charge in [0.05, 0.1) is 0 Å². The Balaban J connectivity index is 2.15. The molecule has 0 spiro atoms. The number of ketones is 2. The van der Waals surface area contributed by atoms with Gasteiger partial charge in [-0.2, -0.15) is 0 Å². The number of carbonyl (C=O) groups is 3. The number of hydrogen-bond donors (Lipinski definition) is 1. The molecule has 1 aromatic carbocycles. The molecule has 1 fully saturated rings. The second-order valence-corrected chi connectivity index (χ2v) is 5.96. The largest absolute Gasteiger partial charge is 0.480 e. The van der Waals surface area contributed by atoms with Crippen LogP contribution in [-0.2, 0) is 20.9 Å². The van der Waals surface area contributed by atoms with Gasteiger partial charge in [0.15, 0.2) is 5.78 Å². The van der Waals surface area contributed by atoms with Gasteiger partial charge in [-0.1, -0.05) is 30.3 Å². The summed E-state index contributed by atoms with van der Waals surface area (Å²) in [5.41, 5.74) is -0.360. The molecule has 1 aliphatic rings. The number of rotatable bonds is 6. The molecule has 5 nitrogen and oxygen atoms in total. The average molecular weight is 303 g/mol. The van der Waals surface area contributed by atoms with Crippen LogP contribution in [0.25, 0.3) is 0 Å². The first-order chi connectivity index (χ1) is 10.4. The predicted octanol–water partition coefficient (Wildman–Crippen LogP) is 1.90. The molecular formula is C17H21NO4. The van der Waals surface area contributed by atoms with Crippen molar-refractivity contribution in [1.29, 1.82) is 0 Å². The van der Waals surface area contributed by atoms with Gasteiger partial charge in [-0.15, -0.1) is 0 Å². The van der Waals surface area contributed by atoms with Crippen LogP contribution in [0.1, 0.15) is 31.7 Å². The molecule has 0 bridgehead atoms. The van der Waals surface area contributed by atoms with E-state index in [4.69, 9.17) is 0 Å². The van der Waals surface area contributed by atoms with Gasteiger partial charge in [-0.05, 0) is 18.9 Å². The zero-order chi connectivity index (χ0) is 16.2. The molecule has 0 saturated carbocycles. The van der Waals surface area contributed by atoms with Gasteiger partial charge in [0.1, 0.15) is 11.2 Å². The topological polar surface area (TPSA) is 74.7 Å². The van der Waals surface area contributed by atoms with E-state index in [2.05, 4.69) is 0 Å². The van der Waals surface area contributed by atoms with Crippen molar-refractivity contribution in [2.75, 3.05) is 13.1 Å². The summed E-state index contributed by atoms with van der Waals surface area (Å²) >= 11 is 0. The van der Waals surface area contributed by atoms with Crippen molar-refractivity contribution < 1.29 is 19.5 Å². The lowest BCUT2D eigenvalue weighted by molar-refractivity contribution is -0.160. The Bertz CT molecular complexity index is 569. The molecule has 0 amide bonds. The maximum absolute atomic E-state index is 12.2. The third-order valence-corrected chi connectivity index (χ3v) is 4.24. The average Bonchev–Trinajstić information content (AvgIpc) is 2.48. The van der Waals surface area contributed by atoms with Gasteiger partial charge in [0.25, 0.3) is 0 Å². The number of carboxylic acids is 1. The van der Waals surface area contributed by atoms with E-state index in [9.17, 15) is 19.5 Å². The highest BCUT2D eigenvalue weighted by Gasteiger charge is 2.48. The molecule has 5 heteroatoms. The first-order valence-electron chi connectivity index (χ1n) is 7.46. The molecule has 1 atom stereocenters. The predicted molar refractivity (Wildman–Crippen MR) is 81.3 cm³/mol. The fourth-order valence-corrected chi connectivity index (χ4v) is 2.93. The number of aliphatic carboxylic acids is 1. The lowest BCUT2D eigenvalue weighted by Crippen LogP contribution is -2.53. The molecule has 0 radical (unpaired) electrons. The number of hydrogen-bond acceptors (Lipinski definition) is 4. The summed E-state index contributed by atoms with van der Waals surface area (Å²) in [4.78, 5) is 37.2. The summed E-state index contributed by atoms with van der Waals surface area (Å²) in [6, 6.07) is 9.76. The third kappa shape index (κ3) is 3.60. The number of carboxylic acid groups (broad SMARTS) is 1. The Labute approximate surface area is 129 Å². The van der Waals surface area contributed by atoms with Crippen LogP contribution >= 0.6 is 0 Å². The monoisotopic (exact) mass is 303 g/mol. The van der Waals surface area contributed by atoms with Crippen LogP contribution in [0.4, 0.5) is 0 Å². The maximum Gasteiger partial charge on any atom is 0.318 e. The Kier molecular flexibility index (Phi) is 5.08. The summed E-state index contributed by atoms with van der Waals surface area (Å²) in [5, 5.41) is 9.60. The van der Waals surface area contributed by atoms with Crippen molar-refractivity contribution in [1.82, 2.24) is 4.90 Å². The van der Waals surface area contributed by atoms with Gasteiger partial charge in [0, 0.05) is 32.5 Å². The van der Waals surface area contributed by atoms with E-state index in [0.29, 0.717) is 13.1 Å². The third-order valence-electron chi connectivity index (χ3n) is 4.24. The molecule has 1 aromatic rings. The minimum Gasteiger partial charge on any atom is -0.480 e. The molecule has 1 saturated heterocycles. The zero-order valence-corrected chi connectivity index (χ0v) is 12.7. The van der Waals surface area contributed by atoms with E-state index in [1.807, 2.05) is 35.2 Å². The molecule has 1 heterocycles. The van der Waals surface area contributed by atoms with Gasteiger partial charge in [0.2, 0.25) is 0 Å². The van der Waals surface area contributed by atoms with Crippen LogP contribution in [0.2, 0.25) is 0 Å². The van der Waals surface area contributed by atoms with Crippen LogP contribution in [0.15, 0.2) is 30.3 Å². The van der Waals surface area contributed by atoms with Crippen LogP contribution in [0.3, 0.4) is 0 Å². The van der Waals surface area contributed by atoms with E-state index >= 15 is 0 Å². The van der Waals surface area contributed by atoms with Crippen LogP contribution in [-0.4, -0.2) is 40.6 Å². The van der Waals surface area contributed by atoms with Crippen molar-refractivity contribution in [3.63, 3.8) is 0 Å². The van der Waals surface area contributed by atoms with E-state index in [1.54, 1.807) is 0 Å². The molecule has 0 aromatic heterocycles. The molecule has 22 heavy (non-hydrogen) atoms. The Morgan fingerprint density at radius 2 is 1.95 bits per heavy atom. The first kappa shape index (κ1) is 16.4. The quantitative estimate of drug-likeness (QED) is 0.812. The Morgan fingerprint density at radius 1 is 1.27 bits per heavy atom. The van der Waals surface area contributed by atoms with Crippen molar-refractivity contribution in [2.45, 2.75) is 32.7 Å². The number of likely N-dealkylation sites (tertiary alicyclic amines) is 1. The number of piperidine rings is 1. The second-order valence-electron chi connectivity index (χ2n) is 5.96. The fourth-order valence-electron chi connectivity index (χ4n) is 2.93. The first-order valence-corrected chi connectivity index (χ1v) is 7.46. The van der Waals surface area contributed by atoms with Crippen molar-refractivity contribution in [3.05, 3.63) is 35.9 Å². The highest BCUT2D eigenvalue weighted by atomic mass is 16.4. The number of Topliss-reactive ketones (excluding diaryl/α,β-unsaturated/α-hetero) is 2. The Morgan fingerprint density at radius 3 is 2.55 bits per heavy atom. The smallest absolute Gasteiger partial charge is 0.318 e. The molecule has 118 valence electrons. The SMILES string of the molecule is CC(=O)CCC1(C(=O)O)CN(Cc2ccccc2)CCC1=O. The molecular weight excluding hydrogens is 282 g/mol. The number of nitrogens with zero attached hydrogens (tertiary/aromatic N) is 1. The highest BCUT2D eigenvalue weighted by Crippen LogP contribution is 2.33. The zero-order valence-electron chi connectivity index (χ0n) is 12.7. The lowest BCUT2D eigenvalue weighted by Gasteiger charge is -2.38. The second kappa shape index (κ2) is 6.83. The molecule has 0 aliphatic carbocycles. The van der Waals surface area contributed by atoms with Crippen LogP contribution < -0.4 is 0 Å². The van der Waals surface area contributed by atoms with Gasteiger partial charge >= 0.3 is 5.97 Å². The summed E-state index contributed by atoms with van der Waals surface area (Å²) in [7, 11) is 0. The maximum atomic E-state index is 12.2. The fraction of sp³-hybridized carbons (Fsp3) is 0.471. The van der Waals surface area contributed by atoms with Crippen molar-refractivity contribution in [2.24, 2.45) is 5.41 Å². The molecule has 1 unspecified atom stereocenters. The highest BCUT2D eigenvalue weighted by molar-refractivity contribution is 6.04. The molecule has 2 rings (SSSR count). The van der Waals surface area contributed by atoms with Crippen LogP contribution in [0.5, 0.6) is 0 Å². The van der Waals surface area contributed by atoms with Gasteiger partial charge in [-0.25, -0.2) is 0 Å². The van der Waals surface area contributed by atoms with Crippen molar-refractivity contribution in [3.8, 4) is 0 Å². The van der Waals surface area contributed by atoms with Crippen molar-refractivity contribution >= 4 is 17.5 Å². The number of benzene rings is 1. The van der Waals surface area contributed by atoms with E-state index in [1.165, 1.54) is 6.92 Å². The van der Waals surface area contributed by atoms with E-state index in [-0.39, 0.29) is 37.4 Å². The number of carbonyl (C=O) groups excluding carboxylic acids is 2. The summed E-state index contributed by atoms with van der Waals surface area (Å²) in [6.07, 6.45) is 0.427. The summed E-state index contributed by atoms with van der Waals surface area (Å²) < 4.78 is 0. The summed E-state index contributed by atoms with van der Waals surface area (Å²) in [5.74, 6) is -1.46. The normalized spacial score (nSPS) is 22.5. The molecule has 1 N–H and O–H groups in total. The van der Waals surface area contributed by atoms with E-state index < -0.39 is 11.4 Å². The standard InChI is InChI=1S/C17H21NO4/c1-13(19)7-9-17(16(21)22)12-18(10-8-15(17)20)11-14-5-3-2-4-6-14/h2-6H,7-12H2,1H3,(H,21,22). The molecule has 1 aliphatic heterocycles. The van der Waals surface area contributed by atoms with Gasteiger partial charge in [-0.3, -0.25) is 14.5 Å².